The minimum absolute atomic E-state index is 0.0772. The van der Waals surface area contributed by atoms with Gasteiger partial charge >= 0.3 is 0 Å². The number of nitrogens with one attached hydrogen (secondary N) is 2. The van der Waals surface area contributed by atoms with Crippen molar-refractivity contribution in [2.75, 3.05) is 0 Å². The van der Waals surface area contributed by atoms with Crippen LogP contribution in [0.25, 0.3) is 0 Å². The molecule has 0 saturated heterocycles. The standard InChI is InChI=1S/C15H20FN3/c1-15(2,3)18-10-13-9-17-14(19-13)8-11-5-4-6-12(16)7-11/h4-7,9,18H,8,10H2,1-3H3,(H,17,19). The number of aromatic amines is 1. The predicted molar refractivity (Wildman–Crippen MR) is 74.4 cm³/mol. The highest BCUT2D eigenvalue weighted by Crippen LogP contribution is 2.09. The molecule has 2 rings (SSSR count). The zero-order chi connectivity index (χ0) is 13.9. The van der Waals surface area contributed by atoms with Crippen molar-refractivity contribution in [3.05, 3.63) is 53.4 Å². The molecule has 0 aliphatic carbocycles. The molecule has 0 aliphatic rings. The summed E-state index contributed by atoms with van der Waals surface area (Å²) in [7, 11) is 0. The fourth-order valence-corrected chi connectivity index (χ4v) is 1.79. The van der Waals surface area contributed by atoms with Gasteiger partial charge in [-0.1, -0.05) is 12.1 Å². The predicted octanol–water partition coefficient (Wildman–Crippen LogP) is 3.03. The van der Waals surface area contributed by atoms with Crippen molar-refractivity contribution in [3.8, 4) is 0 Å². The van der Waals surface area contributed by atoms with Gasteiger partial charge in [0.25, 0.3) is 0 Å². The van der Waals surface area contributed by atoms with Gasteiger partial charge in [-0.25, -0.2) is 9.37 Å². The van der Waals surface area contributed by atoms with E-state index in [0.29, 0.717) is 6.42 Å². The van der Waals surface area contributed by atoms with E-state index in [0.717, 1.165) is 23.6 Å². The van der Waals surface area contributed by atoms with Crippen LogP contribution in [0.4, 0.5) is 4.39 Å². The molecule has 0 spiro atoms. The lowest BCUT2D eigenvalue weighted by molar-refractivity contribution is 0.421. The molecule has 0 atom stereocenters. The third-order valence-electron chi connectivity index (χ3n) is 2.75. The topological polar surface area (TPSA) is 40.7 Å². The zero-order valence-corrected chi connectivity index (χ0v) is 11.6. The molecule has 2 N–H and O–H groups in total. The van der Waals surface area contributed by atoms with Crippen molar-refractivity contribution in [2.45, 2.75) is 39.3 Å². The SMILES string of the molecule is CC(C)(C)NCc1cnc(Cc2cccc(F)c2)[nH]1. The Morgan fingerprint density at radius 3 is 2.79 bits per heavy atom. The van der Waals surface area contributed by atoms with Gasteiger partial charge in [0.05, 0.1) is 0 Å². The van der Waals surface area contributed by atoms with Gasteiger partial charge < -0.3 is 10.3 Å². The Hall–Kier alpha value is -1.68. The van der Waals surface area contributed by atoms with E-state index in [1.165, 1.54) is 12.1 Å². The molecular weight excluding hydrogens is 241 g/mol. The maximum Gasteiger partial charge on any atom is 0.123 e. The van der Waals surface area contributed by atoms with Crippen LogP contribution in [0.2, 0.25) is 0 Å². The molecule has 0 radical (unpaired) electrons. The molecule has 102 valence electrons. The molecule has 3 nitrogen and oxygen atoms in total. The third-order valence-corrected chi connectivity index (χ3v) is 2.75. The minimum atomic E-state index is -0.210. The van der Waals surface area contributed by atoms with Crippen LogP contribution in [0.1, 0.15) is 37.9 Å². The quantitative estimate of drug-likeness (QED) is 0.888. The Morgan fingerprint density at radius 1 is 1.32 bits per heavy atom. The second kappa shape index (κ2) is 5.53. The summed E-state index contributed by atoms with van der Waals surface area (Å²) in [6.07, 6.45) is 2.45. The molecule has 1 aromatic carbocycles. The van der Waals surface area contributed by atoms with E-state index >= 15 is 0 Å². The van der Waals surface area contributed by atoms with Crippen LogP contribution in [0.5, 0.6) is 0 Å². The Kier molecular flexibility index (Phi) is 4.00. The Labute approximate surface area is 113 Å². The van der Waals surface area contributed by atoms with Crippen LogP contribution in [0, 0.1) is 5.82 Å². The lowest BCUT2D eigenvalue weighted by Gasteiger charge is -2.19. The summed E-state index contributed by atoms with van der Waals surface area (Å²) in [6.45, 7) is 7.12. The average Bonchev–Trinajstić information content (AvgIpc) is 2.73. The zero-order valence-electron chi connectivity index (χ0n) is 11.6. The summed E-state index contributed by atoms with van der Waals surface area (Å²) in [4.78, 5) is 7.58. The number of rotatable bonds is 4. The smallest absolute Gasteiger partial charge is 0.123 e. The first-order valence-electron chi connectivity index (χ1n) is 6.45. The van der Waals surface area contributed by atoms with Gasteiger partial charge in [-0.3, -0.25) is 0 Å². The normalized spacial score (nSPS) is 11.8. The largest absolute Gasteiger partial charge is 0.345 e. The van der Waals surface area contributed by atoms with Crippen LogP contribution in [0.3, 0.4) is 0 Å². The summed E-state index contributed by atoms with van der Waals surface area (Å²) in [6, 6.07) is 6.61. The maximum absolute atomic E-state index is 13.1. The second-order valence-corrected chi connectivity index (χ2v) is 5.77. The van der Waals surface area contributed by atoms with E-state index < -0.39 is 0 Å². The molecule has 0 unspecified atom stereocenters. The highest BCUT2D eigenvalue weighted by atomic mass is 19.1. The van der Waals surface area contributed by atoms with Crippen molar-refractivity contribution in [1.82, 2.24) is 15.3 Å². The summed E-state index contributed by atoms with van der Waals surface area (Å²) in [5.74, 6) is 0.648. The highest BCUT2D eigenvalue weighted by molar-refractivity contribution is 5.20. The molecule has 0 bridgehead atoms. The van der Waals surface area contributed by atoms with Gasteiger partial charge in [0.15, 0.2) is 0 Å². The molecule has 19 heavy (non-hydrogen) atoms. The number of hydrogen-bond acceptors (Lipinski definition) is 2. The third kappa shape index (κ3) is 4.48. The lowest BCUT2D eigenvalue weighted by Crippen LogP contribution is -2.35. The first-order valence-corrected chi connectivity index (χ1v) is 6.45. The molecule has 1 heterocycles. The lowest BCUT2D eigenvalue weighted by atomic mass is 10.1. The van der Waals surface area contributed by atoms with E-state index in [1.807, 2.05) is 12.3 Å². The summed E-state index contributed by atoms with van der Waals surface area (Å²) < 4.78 is 13.1. The van der Waals surface area contributed by atoms with Gasteiger partial charge in [0, 0.05) is 30.4 Å². The van der Waals surface area contributed by atoms with Crippen molar-refractivity contribution in [3.63, 3.8) is 0 Å². The number of hydrogen-bond donors (Lipinski definition) is 2. The van der Waals surface area contributed by atoms with Gasteiger partial charge in [-0.15, -0.1) is 0 Å². The number of imidazole rings is 1. The fourth-order valence-electron chi connectivity index (χ4n) is 1.79. The van der Waals surface area contributed by atoms with Gasteiger partial charge in [0.1, 0.15) is 11.6 Å². The number of benzene rings is 1. The molecular formula is C15H20FN3. The second-order valence-electron chi connectivity index (χ2n) is 5.77. The first-order chi connectivity index (χ1) is 8.92. The van der Waals surface area contributed by atoms with Crippen LogP contribution >= 0.6 is 0 Å². The van der Waals surface area contributed by atoms with Crippen molar-refractivity contribution >= 4 is 0 Å². The minimum Gasteiger partial charge on any atom is -0.345 e. The van der Waals surface area contributed by atoms with Gasteiger partial charge in [0.2, 0.25) is 0 Å². The molecule has 2 aromatic rings. The molecule has 0 amide bonds. The molecule has 0 saturated carbocycles. The maximum atomic E-state index is 13.1. The Balaban J connectivity index is 1.97. The van der Waals surface area contributed by atoms with E-state index in [-0.39, 0.29) is 11.4 Å². The van der Waals surface area contributed by atoms with Crippen molar-refractivity contribution in [2.24, 2.45) is 0 Å². The number of nitrogens with zero attached hydrogens (tertiary/aromatic N) is 1. The Bertz CT molecular complexity index is 540. The number of halogens is 1. The molecule has 0 fully saturated rings. The van der Waals surface area contributed by atoms with Crippen molar-refractivity contribution < 1.29 is 4.39 Å². The van der Waals surface area contributed by atoms with Crippen LogP contribution in [-0.2, 0) is 13.0 Å². The van der Waals surface area contributed by atoms with Gasteiger partial charge in [-0.2, -0.15) is 0 Å². The van der Waals surface area contributed by atoms with E-state index in [2.05, 4.69) is 36.1 Å². The highest BCUT2D eigenvalue weighted by Gasteiger charge is 2.09. The van der Waals surface area contributed by atoms with Crippen LogP contribution in [0.15, 0.2) is 30.5 Å². The van der Waals surface area contributed by atoms with Crippen LogP contribution < -0.4 is 5.32 Å². The summed E-state index contributed by atoms with van der Waals surface area (Å²) in [5.41, 5.74) is 2.04. The summed E-state index contributed by atoms with van der Waals surface area (Å²) >= 11 is 0. The monoisotopic (exact) mass is 261 g/mol. The molecule has 0 aliphatic heterocycles. The average molecular weight is 261 g/mol. The van der Waals surface area contributed by atoms with Crippen molar-refractivity contribution in [1.29, 1.82) is 0 Å². The van der Waals surface area contributed by atoms with E-state index in [9.17, 15) is 4.39 Å². The van der Waals surface area contributed by atoms with E-state index in [4.69, 9.17) is 0 Å². The van der Waals surface area contributed by atoms with E-state index in [1.54, 1.807) is 6.07 Å². The molecule has 4 heteroatoms. The summed E-state index contributed by atoms with van der Waals surface area (Å²) in [5, 5.41) is 3.39. The van der Waals surface area contributed by atoms with Gasteiger partial charge in [-0.05, 0) is 38.5 Å². The first kappa shape index (κ1) is 13.7. The fraction of sp³-hybridized carbons (Fsp3) is 0.400. The number of H-pyrrole nitrogens is 1. The number of aromatic nitrogens is 2. The molecule has 1 aromatic heterocycles. The Morgan fingerprint density at radius 2 is 2.11 bits per heavy atom. The van der Waals surface area contributed by atoms with Crippen LogP contribution in [-0.4, -0.2) is 15.5 Å².